The third kappa shape index (κ3) is 2.39. The summed E-state index contributed by atoms with van der Waals surface area (Å²) in [6, 6.07) is 9.00. The average Bonchev–Trinajstić information content (AvgIpc) is 2.87. The highest BCUT2D eigenvalue weighted by Gasteiger charge is 2.49. The first-order valence-electron chi connectivity index (χ1n) is 7.82. The molecule has 1 unspecified atom stereocenters. The Hall–Kier alpha value is -2.19. The number of fused-ring (bicyclic) bond motifs is 2. The molecule has 1 atom stereocenters. The number of nitro groups is 1. The molecule has 0 amide bonds. The molecule has 6 nitrogen and oxygen atoms in total. The third-order valence-electron chi connectivity index (χ3n) is 4.58. The number of hydrogen-bond donors (Lipinski definition) is 0. The van der Waals surface area contributed by atoms with Crippen LogP contribution in [0, 0.1) is 10.1 Å². The Bertz CT molecular complexity index is 978. The lowest BCUT2D eigenvalue weighted by atomic mass is 10.0. The van der Waals surface area contributed by atoms with Crippen LogP contribution >= 0.6 is 27.7 Å². The van der Waals surface area contributed by atoms with E-state index in [4.69, 9.17) is 9.47 Å². The van der Waals surface area contributed by atoms with Crippen LogP contribution in [0.2, 0.25) is 0 Å². The summed E-state index contributed by atoms with van der Waals surface area (Å²) in [6.45, 7) is 1.97. The third-order valence-corrected chi connectivity index (χ3v) is 6.58. The molecule has 0 saturated carbocycles. The monoisotopic (exact) mass is 434 g/mol. The lowest BCUT2D eigenvalue weighted by Gasteiger charge is -2.40. The molecule has 0 radical (unpaired) electrons. The number of ether oxygens (including phenoxy) is 2. The van der Waals surface area contributed by atoms with Crippen molar-refractivity contribution < 1.29 is 14.4 Å². The summed E-state index contributed by atoms with van der Waals surface area (Å²) >= 11 is 5.11. The first kappa shape index (κ1) is 17.2. The van der Waals surface area contributed by atoms with E-state index >= 15 is 0 Å². The maximum atomic E-state index is 11.2. The Morgan fingerprint density at radius 2 is 2.12 bits per heavy atom. The molecule has 2 aromatic rings. The lowest BCUT2D eigenvalue weighted by molar-refractivity contribution is -0.385. The van der Waals surface area contributed by atoms with Crippen LogP contribution in [-0.2, 0) is 0 Å². The van der Waals surface area contributed by atoms with E-state index in [-0.39, 0.29) is 5.69 Å². The molecular weight excluding hydrogens is 420 g/mol. The van der Waals surface area contributed by atoms with Gasteiger partial charge < -0.3 is 14.4 Å². The van der Waals surface area contributed by atoms with E-state index < -0.39 is 9.98 Å². The Morgan fingerprint density at radius 3 is 2.81 bits per heavy atom. The van der Waals surface area contributed by atoms with E-state index in [0.717, 1.165) is 20.6 Å². The molecule has 0 aromatic heterocycles. The highest BCUT2D eigenvalue weighted by molar-refractivity contribution is 9.10. The fourth-order valence-corrected chi connectivity index (χ4v) is 5.17. The molecule has 26 heavy (non-hydrogen) atoms. The normalized spacial score (nSPS) is 20.3. The Kier molecular flexibility index (Phi) is 3.92. The van der Waals surface area contributed by atoms with Gasteiger partial charge in [-0.1, -0.05) is 15.9 Å². The van der Waals surface area contributed by atoms with Crippen molar-refractivity contribution in [1.82, 2.24) is 0 Å². The second kappa shape index (κ2) is 5.92. The predicted molar refractivity (Wildman–Crippen MR) is 105 cm³/mol. The summed E-state index contributed by atoms with van der Waals surface area (Å²) in [4.78, 5) is 13.9. The van der Waals surface area contributed by atoms with Crippen molar-refractivity contribution >= 4 is 45.1 Å². The Labute approximate surface area is 163 Å². The van der Waals surface area contributed by atoms with Crippen molar-refractivity contribution in [1.29, 1.82) is 0 Å². The molecule has 0 N–H and O–H groups in total. The standard InChI is InChI=1S/C18H15BrN2O4S/c1-10-6-11-7-13(21(22)23)9-15(24-3)17(11)25-18(10)20(2)14-5-4-12(19)8-16(14)26-18/h4-9H,1-3H3. The van der Waals surface area contributed by atoms with Crippen molar-refractivity contribution in [3.63, 3.8) is 0 Å². The van der Waals surface area contributed by atoms with Crippen molar-refractivity contribution in [2.24, 2.45) is 0 Å². The van der Waals surface area contributed by atoms with Gasteiger partial charge in [-0.25, -0.2) is 0 Å². The van der Waals surface area contributed by atoms with Crippen LogP contribution in [0.4, 0.5) is 11.4 Å². The minimum atomic E-state index is -0.750. The van der Waals surface area contributed by atoms with Gasteiger partial charge in [0.1, 0.15) is 0 Å². The van der Waals surface area contributed by atoms with Gasteiger partial charge in [-0.3, -0.25) is 10.1 Å². The summed E-state index contributed by atoms with van der Waals surface area (Å²) in [6.07, 6.45) is 1.93. The number of anilines is 1. The van der Waals surface area contributed by atoms with Gasteiger partial charge >= 0.3 is 0 Å². The number of benzene rings is 2. The minimum Gasteiger partial charge on any atom is -0.493 e. The zero-order valence-electron chi connectivity index (χ0n) is 14.3. The molecule has 2 aliphatic rings. The molecule has 0 saturated heterocycles. The quantitative estimate of drug-likeness (QED) is 0.486. The second-order valence-corrected chi connectivity index (χ2v) is 8.22. The zero-order chi connectivity index (χ0) is 18.6. The molecule has 0 aliphatic carbocycles. The molecule has 4 rings (SSSR count). The fourth-order valence-electron chi connectivity index (χ4n) is 3.28. The number of nitrogens with zero attached hydrogens (tertiary/aromatic N) is 2. The maximum Gasteiger partial charge on any atom is 0.274 e. The molecule has 2 aromatic carbocycles. The fraction of sp³-hybridized carbons (Fsp3) is 0.222. The van der Waals surface area contributed by atoms with Crippen LogP contribution in [-0.4, -0.2) is 24.1 Å². The van der Waals surface area contributed by atoms with Crippen LogP contribution in [0.1, 0.15) is 12.5 Å². The molecule has 134 valence electrons. The van der Waals surface area contributed by atoms with E-state index in [1.807, 2.05) is 32.2 Å². The molecule has 0 bridgehead atoms. The van der Waals surface area contributed by atoms with Gasteiger partial charge in [0.2, 0.25) is 0 Å². The van der Waals surface area contributed by atoms with Crippen LogP contribution in [0.25, 0.3) is 6.08 Å². The smallest absolute Gasteiger partial charge is 0.274 e. The van der Waals surface area contributed by atoms with Crippen molar-refractivity contribution in [3.05, 3.63) is 56.1 Å². The second-order valence-electron chi connectivity index (χ2n) is 6.11. The number of nitro benzene ring substituents is 1. The topological polar surface area (TPSA) is 64.8 Å². The summed E-state index contributed by atoms with van der Waals surface area (Å²) < 4.78 is 12.8. The molecule has 0 fully saturated rings. The number of thioether (sulfide) groups is 1. The largest absolute Gasteiger partial charge is 0.493 e. The molecule has 8 heteroatoms. The predicted octanol–water partition coefficient (Wildman–Crippen LogP) is 5.06. The van der Waals surface area contributed by atoms with Gasteiger partial charge in [0.25, 0.3) is 10.7 Å². The van der Waals surface area contributed by atoms with Crippen molar-refractivity contribution in [3.8, 4) is 11.5 Å². The first-order valence-corrected chi connectivity index (χ1v) is 9.43. The van der Waals surface area contributed by atoms with Crippen molar-refractivity contribution in [2.75, 3.05) is 19.1 Å². The minimum absolute atomic E-state index is 0.0242. The summed E-state index contributed by atoms with van der Waals surface area (Å²) in [5.41, 5.74) is 2.64. The van der Waals surface area contributed by atoms with Crippen LogP contribution < -0.4 is 14.4 Å². The SMILES string of the molecule is COc1cc([N+](=O)[O-])cc2c1OC1(Sc3cc(Br)ccc3N1C)C(C)=C2. The highest BCUT2D eigenvalue weighted by Crippen LogP contribution is 2.57. The van der Waals surface area contributed by atoms with Crippen LogP contribution in [0.3, 0.4) is 0 Å². The number of non-ortho nitro benzene ring substituents is 1. The van der Waals surface area contributed by atoms with Gasteiger partial charge in [-0.15, -0.1) is 0 Å². The van der Waals surface area contributed by atoms with Gasteiger partial charge in [0, 0.05) is 33.6 Å². The Morgan fingerprint density at radius 1 is 1.35 bits per heavy atom. The number of likely N-dealkylation sites (N-methyl/N-ethyl adjacent to an activating group) is 1. The zero-order valence-corrected chi connectivity index (χ0v) is 16.7. The average molecular weight is 435 g/mol. The van der Waals surface area contributed by atoms with E-state index in [9.17, 15) is 10.1 Å². The highest BCUT2D eigenvalue weighted by atomic mass is 79.9. The molecular formula is C18H15BrN2O4S. The van der Waals surface area contributed by atoms with Gasteiger partial charge in [0.15, 0.2) is 11.5 Å². The summed E-state index contributed by atoms with van der Waals surface area (Å²) in [7, 11) is 3.46. The van der Waals surface area contributed by atoms with Crippen LogP contribution in [0.15, 0.2) is 45.3 Å². The van der Waals surface area contributed by atoms with Crippen LogP contribution in [0.5, 0.6) is 11.5 Å². The van der Waals surface area contributed by atoms with E-state index in [0.29, 0.717) is 17.1 Å². The number of methoxy groups -OCH3 is 1. The molecule has 2 heterocycles. The Balaban J connectivity index is 1.85. The first-order chi connectivity index (χ1) is 12.4. The molecule has 2 aliphatic heterocycles. The summed E-state index contributed by atoms with van der Waals surface area (Å²) in [5, 5.41) is 10.4. The van der Waals surface area contributed by atoms with E-state index in [1.54, 1.807) is 11.8 Å². The van der Waals surface area contributed by atoms with Gasteiger partial charge in [-0.2, -0.15) is 0 Å². The van der Waals surface area contributed by atoms with E-state index in [1.165, 1.54) is 19.2 Å². The van der Waals surface area contributed by atoms with Crippen molar-refractivity contribution in [2.45, 2.75) is 16.9 Å². The van der Waals surface area contributed by atoms with Gasteiger partial charge in [-0.05, 0) is 43.0 Å². The summed E-state index contributed by atoms with van der Waals surface area (Å²) in [5.74, 6) is 0.860. The number of halogens is 1. The maximum absolute atomic E-state index is 11.2. The number of rotatable bonds is 2. The number of hydrogen-bond acceptors (Lipinski definition) is 6. The molecule has 1 spiro atoms. The van der Waals surface area contributed by atoms with E-state index in [2.05, 4.69) is 26.9 Å². The lowest BCUT2D eigenvalue weighted by Crippen LogP contribution is -2.48. The van der Waals surface area contributed by atoms with Gasteiger partial charge in [0.05, 0.1) is 23.8 Å².